The van der Waals surface area contributed by atoms with E-state index in [1.165, 1.54) is 50.6 Å². The van der Waals surface area contributed by atoms with Crippen molar-refractivity contribution in [1.82, 2.24) is 5.32 Å². The molecule has 10 heteroatoms. The Hall–Kier alpha value is -3.66. The maximum absolute atomic E-state index is 14.0. The first kappa shape index (κ1) is 24.0. The third kappa shape index (κ3) is 5.40. The number of para-hydroxylation sites is 1. The molecule has 0 spiro atoms. The molecule has 0 aliphatic carbocycles. The quantitative estimate of drug-likeness (QED) is 0.506. The van der Waals surface area contributed by atoms with Crippen LogP contribution in [0.4, 0.5) is 14.5 Å². The normalized spacial score (nSPS) is 12.0. The molecule has 3 aromatic carbocycles. The SMILES string of the molecule is COc1cc(S(=O)(=O)Nc2ccccc2F)cc(C(=O)NC(C)c2cccc(F)c2)c1OC. The van der Waals surface area contributed by atoms with Crippen molar-refractivity contribution in [2.24, 2.45) is 0 Å². The van der Waals surface area contributed by atoms with Crippen LogP contribution in [0.15, 0.2) is 65.6 Å². The predicted molar refractivity (Wildman–Crippen MR) is 119 cm³/mol. The lowest BCUT2D eigenvalue weighted by Crippen LogP contribution is -2.27. The molecule has 33 heavy (non-hydrogen) atoms. The van der Waals surface area contributed by atoms with Crippen molar-refractivity contribution in [1.29, 1.82) is 0 Å². The van der Waals surface area contributed by atoms with E-state index in [0.29, 0.717) is 5.56 Å². The van der Waals surface area contributed by atoms with Crippen LogP contribution < -0.4 is 19.5 Å². The molecule has 0 fully saturated rings. The minimum atomic E-state index is -4.29. The van der Waals surface area contributed by atoms with Gasteiger partial charge in [-0.25, -0.2) is 17.2 Å². The number of hydrogen-bond donors (Lipinski definition) is 2. The minimum absolute atomic E-state index is 0.00582. The molecule has 3 aromatic rings. The topological polar surface area (TPSA) is 93.7 Å². The summed E-state index contributed by atoms with van der Waals surface area (Å²) in [5.41, 5.74) is 0.131. The van der Waals surface area contributed by atoms with Crippen LogP contribution in [0.25, 0.3) is 0 Å². The lowest BCUT2D eigenvalue weighted by molar-refractivity contribution is 0.0935. The number of sulfonamides is 1. The van der Waals surface area contributed by atoms with Crippen LogP contribution in [0.5, 0.6) is 11.5 Å². The van der Waals surface area contributed by atoms with Crippen molar-refractivity contribution in [3.8, 4) is 11.5 Å². The number of halogens is 2. The molecular formula is C23H22F2N2O5S. The molecule has 0 aliphatic rings. The number of ether oxygens (including phenoxy) is 2. The third-order valence-corrected chi connectivity index (χ3v) is 6.17. The van der Waals surface area contributed by atoms with Gasteiger partial charge in [0, 0.05) is 6.07 Å². The zero-order valence-corrected chi connectivity index (χ0v) is 18.9. The average molecular weight is 477 g/mol. The van der Waals surface area contributed by atoms with E-state index in [1.807, 2.05) is 0 Å². The van der Waals surface area contributed by atoms with Gasteiger partial charge < -0.3 is 14.8 Å². The fourth-order valence-corrected chi connectivity index (χ4v) is 4.25. The van der Waals surface area contributed by atoms with Crippen LogP contribution in [0, 0.1) is 11.6 Å². The van der Waals surface area contributed by atoms with Crippen LogP contribution in [-0.2, 0) is 10.0 Å². The molecule has 3 rings (SSSR count). The van der Waals surface area contributed by atoms with Gasteiger partial charge in [0.25, 0.3) is 15.9 Å². The van der Waals surface area contributed by atoms with E-state index in [1.54, 1.807) is 13.0 Å². The van der Waals surface area contributed by atoms with Gasteiger partial charge in [-0.15, -0.1) is 0 Å². The molecule has 0 saturated heterocycles. The number of carbonyl (C=O) groups is 1. The largest absolute Gasteiger partial charge is 0.493 e. The summed E-state index contributed by atoms with van der Waals surface area (Å²) in [6, 6.07) is 12.6. The summed E-state index contributed by atoms with van der Waals surface area (Å²) in [5.74, 6) is -1.91. The number of nitrogens with one attached hydrogen (secondary N) is 2. The molecule has 174 valence electrons. The van der Waals surface area contributed by atoms with Gasteiger partial charge in [-0.3, -0.25) is 9.52 Å². The maximum Gasteiger partial charge on any atom is 0.262 e. The summed E-state index contributed by atoms with van der Waals surface area (Å²) in [6.07, 6.45) is 0. The number of hydrogen-bond acceptors (Lipinski definition) is 5. The Bertz CT molecular complexity index is 1280. The summed E-state index contributed by atoms with van der Waals surface area (Å²) in [7, 11) is -1.70. The lowest BCUT2D eigenvalue weighted by Gasteiger charge is -2.18. The van der Waals surface area contributed by atoms with Gasteiger partial charge in [0.2, 0.25) is 0 Å². The highest BCUT2D eigenvalue weighted by atomic mass is 32.2. The fourth-order valence-electron chi connectivity index (χ4n) is 3.14. The van der Waals surface area contributed by atoms with Crippen LogP contribution in [0.1, 0.15) is 28.9 Å². The van der Waals surface area contributed by atoms with Crippen molar-refractivity contribution >= 4 is 21.6 Å². The van der Waals surface area contributed by atoms with E-state index < -0.39 is 33.6 Å². The predicted octanol–water partition coefficient (Wildman–Crippen LogP) is 4.27. The highest BCUT2D eigenvalue weighted by Gasteiger charge is 2.25. The van der Waals surface area contributed by atoms with Crippen LogP contribution in [-0.4, -0.2) is 28.5 Å². The zero-order chi connectivity index (χ0) is 24.2. The van der Waals surface area contributed by atoms with E-state index >= 15 is 0 Å². The molecule has 0 bridgehead atoms. The molecule has 0 radical (unpaired) electrons. The van der Waals surface area contributed by atoms with Crippen molar-refractivity contribution in [2.45, 2.75) is 17.9 Å². The number of benzene rings is 3. The number of carbonyl (C=O) groups excluding carboxylic acids is 1. The molecule has 1 unspecified atom stereocenters. The van der Waals surface area contributed by atoms with Crippen LogP contribution in [0.3, 0.4) is 0 Å². The van der Waals surface area contributed by atoms with Gasteiger partial charge in [-0.2, -0.15) is 0 Å². The van der Waals surface area contributed by atoms with E-state index in [9.17, 15) is 22.0 Å². The van der Waals surface area contributed by atoms with Crippen molar-refractivity contribution in [3.63, 3.8) is 0 Å². The molecule has 1 amide bonds. The fraction of sp³-hybridized carbons (Fsp3) is 0.174. The number of amides is 1. The Morgan fingerprint density at radius 2 is 1.70 bits per heavy atom. The van der Waals surface area contributed by atoms with Crippen molar-refractivity contribution in [2.75, 3.05) is 18.9 Å². The average Bonchev–Trinajstić information content (AvgIpc) is 2.79. The first-order valence-corrected chi connectivity index (χ1v) is 11.2. The van der Waals surface area contributed by atoms with Crippen molar-refractivity contribution < 1.29 is 31.5 Å². The highest BCUT2D eigenvalue weighted by Crippen LogP contribution is 2.35. The zero-order valence-electron chi connectivity index (χ0n) is 18.1. The molecule has 0 saturated carbocycles. The Balaban J connectivity index is 2.00. The Morgan fingerprint density at radius 3 is 2.33 bits per heavy atom. The summed E-state index contributed by atoms with van der Waals surface area (Å²) in [4.78, 5) is 12.7. The summed E-state index contributed by atoms with van der Waals surface area (Å²) in [5, 5.41) is 2.69. The van der Waals surface area contributed by atoms with Crippen LogP contribution >= 0.6 is 0 Å². The molecule has 1 atom stereocenters. The molecule has 2 N–H and O–H groups in total. The van der Waals surface area contributed by atoms with E-state index in [2.05, 4.69) is 10.0 Å². The Kier molecular flexibility index (Phi) is 7.17. The minimum Gasteiger partial charge on any atom is -0.493 e. The standard InChI is InChI=1S/C23H22F2N2O5S/c1-14(15-7-6-8-16(24)11-15)26-23(28)18-12-17(13-21(31-2)22(18)32-3)33(29,30)27-20-10-5-4-9-19(20)25/h4-14,27H,1-3H3,(H,26,28). The van der Waals surface area contributed by atoms with Gasteiger partial charge in [0.1, 0.15) is 11.6 Å². The number of rotatable bonds is 8. The van der Waals surface area contributed by atoms with Gasteiger partial charge in [0.15, 0.2) is 11.5 Å². The van der Waals surface area contributed by atoms with Gasteiger partial charge in [0.05, 0.1) is 36.4 Å². The molecular weight excluding hydrogens is 454 g/mol. The molecule has 0 heterocycles. The summed E-state index contributed by atoms with van der Waals surface area (Å²) in [6.45, 7) is 1.65. The first-order valence-electron chi connectivity index (χ1n) is 9.76. The Morgan fingerprint density at radius 1 is 0.970 bits per heavy atom. The second kappa shape index (κ2) is 9.86. The summed E-state index contributed by atoms with van der Waals surface area (Å²) >= 11 is 0. The van der Waals surface area contributed by atoms with E-state index in [-0.39, 0.29) is 27.6 Å². The smallest absolute Gasteiger partial charge is 0.262 e. The van der Waals surface area contributed by atoms with Crippen LogP contribution in [0.2, 0.25) is 0 Å². The Labute approximate surface area is 190 Å². The summed E-state index contributed by atoms with van der Waals surface area (Å²) < 4.78 is 66.0. The molecule has 0 aliphatic heterocycles. The second-order valence-electron chi connectivity index (χ2n) is 7.04. The van der Waals surface area contributed by atoms with E-state index in [0.717, 1.165) is 18.2 Å². The maximum atomic E-state index is 14.0. The molecule has 7 nitrogen and oxygen atoms in total. The first-order chi connectivity index (χ1) is 15.7. The van der Waals surface area contributed by atoms with E-state index in [4.69, 9.17) is 9.47 Å². The van der Waals surface area contributed by atoms with Gasteiger partial charge in [-0.05, 0) is 42.8 Å². The number of anilines is 1. The molecule has 0 aromatic heterocycles. The highest BCUT2D eigenvalue weighted by molar-refractivity contribution is 7.92. The van der Waals surface area contributed by atoms with Gasteiger partial charge >= 0.3 is 0 Å². The number of methoxy groups -OCH3 is 2. The van der Waals surface area contributed by atoms with Crippen molar-refractivity contribution in [3.05, 3.63) is 83.4 Å². The second-order valence-corrected chi connectivity index (χ2v) is 8.72. The third-order valence-electron chi connectivity index (χ3n) is 4.82. The monoisotopic (exact) mass is 476 g/mol. The lowest BCUT2D eigenvalue weighted by atomic mass is 10.1. The van der Waals surface area contributed by atoms with Gasteiger partial charge in [-0.1, -0.05) is 24.3 Å².